The number of benzene rings is 3. The quantitative estimate of drug-likeness (QED) is 0.249. The van der Waals surface area contributed by atoms with Gasteiger partial charge in [0.15, 0.2) is 17.2 Å². The fraction of sp³-hybridized carbons (Fsp3) is 0.0833. The predicted molar refractivity (Wildman–Crippen MR) is 128 cm³/mol. The van der Waals surface area contributed by atoms with E-state index in [-0.39, 0.29) is 24.0 Å². The lowest BCUT2D eigenvalue weighted by Gasteiger charge is -2.13. The van der Waals surface area contributed by atoms with Crippen LogP contribution >= 0.6 is 39.1 Å². The summed E-state index contributed by atoms with van der Waals surface area (Å²) in [4.78, 5) is 16.6. The van der Waals surface area contributed by atoms with Crippen LogP contribution < -0.4 is 9.47 Å². The van der Waals surface area contributed by atoms with Crippen LogP contribution in [0, 0.1) is 5.82 Å². The van der Waals surface area contributed by atoms with E-state index in [9.17, 15) is 9.18 Å². The molecule has 0 saturated heterocycles. The molecule has 4 rings (SSSR count). The Hall–Kier alpha value is -2.87. The van der Waals surface area contributed by atoms with Gasteiger partial charge in [0.1, 0.15) is 12.4 Å². The number of nitrogens with zero attached hydrogens (tertiary/aromatic N) is 1. The Morgan fingerprint density at radius 1 is 1.12 bits per heavy atom. The van der Waals surface area contributed by atoms with E-state index in [1.54, 1.807) is 48.5 Å². The minimum absolute atomic E-state index is 0.110. The van der Waals surface area contributed by atoms with Crippen LogP contribution in [0.15, 0.2) is 69.8 Å². The Kier molecular flexibility index (Phi) is 7.02. The smallest absolute Gasteiger partial charge is 0.363 e. The van der Waals surface area contributed by atoms with Gasteiger partial charge in [0.25, 0.3) is 0 Å². The number of aliphatic imine (C=N–C) groups is 1. The van der Waals surface area contributed by atoms with E-state index < -0.39 is 5.97 Å². The van der Waals surface area contributed by atoms with Crippen molar-refractivity contribution in [2.75, 3.05) is 7.11 Å². The predicted octanol–water partition coefficient (Wildman–Crippen LogP) is 6.83. The average Bonchev–Trinajstić information content (AvgIpc) is 3.14. The van der Waals surface area contributed by atoms with Gasteiger partial charge in [-0.25, -0.2) is 14.2 Å². The minimum atomic E-state index is -0.599. The maximum absolute atomic E-state index is 13.4. The lowest BCUT2D eigenvalue weighted by Crippen LogP contribution is -2.05. The lowest BCUT2D eigenvalue weighted by molar-refractivity contribution is -0.129. The van der Waals surface area contributed by atoms with Crippen molar-refractivity contribution >= 4 is 57.1 Å². The van der Waals surface area contributed by atoms with Gasteiger partial charge >= 0.3 is 5.97 Å². The molecule has 9 heteroatoms. The molecule has 3 aromatic carbocycles. The summed E-state index contributed by atoms with van der Waals surface area (Å²) in [5, 5.41) is 0.714. The van der Waals surface area contributed by atoms with E-state index in [0.29, 0.717) is 42.7 Å². The SMILES string of the molecule is COc1cc(/C=C2\N=C(c3ccc(Cl)c(Cl)c3)OC2=O)cc(Br)c1OCc1cccc(F)c1. The molecule has 5 nitrogen and oxygen atoms in total. The summed E-state index contributed by atoms with van der Waals surface area (Å²) in [5.74, 6) is 0.0578. The summed E-state index contributed by atoms with van der Waals surface area (Å²) in [6, 6.07) is 14.4. The summed E-state index contributed by atoms with van der Waals surface area (Å²) in [5.41, 5.74) is 1.94. The molecule has 1 aliphatic heterocycles. The Labute approximate surface area is 207 Å². The van der Waals surface area contributed by atoms with Gasteiger partial charge in [-0.15, -0.1) is 0 Å². The van der Waals surface area contributed by atoms with Gasteiger partial charge in [-0.05, 0) is 75.6 Å². The summed E-state index contributed by atoms with van der Waals surface area (Å²) < 4.78 is 30.6. The van der Waals surface area contributed by atoms with Crippen LogP contribution in [-0.2, 0) is 16.1 Å². The average molecular weight is 551 g/mol. The van der Waals surface area contributed by atoms with Crippen LogP contribution in [0.2, 0.25) is 10.0 Å². The number of halogens is 4. The monoisotopic (exact) mass is 549 g/mol. The zero-order valence-electron chi connectivity index (χ0n) is 17.1. The van der Waals surface area contributed by atoms with E-state index in [0.717, 1.165) is 0 Å². The van der Waals surface area contributed by atoms with E-state index in [1.165, 1.54) is 19.2 Å². The first-order chi connectivity index (χ1) is 15.8. The highest BCUT2D eigenvalue weighted by Gasteiger charge is 2.25. The van der Waals surface area contributed by atoms with Gasteiger partial charge in [-0.1, -0.05) is 35.3 Å². The minimum Gasteiger partial charge on any atom is -0.493 e. The van der Waals surface area contributed by atoms with Gasteiger partial charge < -0.3 is 14.2 Å². The van der Waals surface area contributed by atoms with Crippen molar-refractivity contribution in [1.29, 1.82) is 0 Å². The third-order valence-electron chi connectivity index (χ3n) is 4.61. The normalized spacial score (nSPS) is 14.3. The molecule has 0 N–H and O–H groups in total. The molecular weight excluding hydrogens is 536 g/mol. The summed E-state index contributed by atoms with van der Waals surface area (Å²) >= 11 is 15.4. The number of ether oxygens (including phenoxy) is 3. The number of esters is 1. The maximum atomic E-state index is 13.4. The Morgan fingerprint density at radius 3 is 2.67 bits per heavy atom. The van der Waals surface area contributed by atoms with Crippen molar-refractivity contribution in [2.45, 2.75) is 6.61 Å². The topological polar surface area (TPSA) is 57.1 Å². The molecule has 33 heavy (non-hydrogen) atoms. The van der Waals surface area contributed by atoms with Crippen LogP contribution in [-0.4, -0.2) is 19.0 Å². The number of hydrogen-bond donors (Lipinski definition) is 0. The second-order valence-electron chi connectivity index (χ2n) is 6.92. The lowest BCUT2D eigenvalue weighted by atomic mass is 10.1. The van der Waals surface area contributed by atoms with Gasteiger partial charge in [0.05, 0.1) is 21.6 Å². The fourth-order valence-corrected chi connectivity index (χ4v) is 3.94. The summed E-state index contributed by atoms with van der Waals surface area (Å²) in [6.45, 7) is 0.150. The van der Waals surface area contributed by atoms with Crippen molar-refractivity contribution in [3.63, 3.8) is 0 Å². The number of carbonyl (C=O) groups excluding carboxylic acids is 1. The fourth-order valence-electron chi connectivity index (χ4n) is 3.07. The first kappa shape index (κ1) is 23.3. The number of carbonyl (C=O) groups is 1. The van der Waals surface area contributed by atoms with Crippen LogP contribution in [0.3, 0.4) is 0 Å². The zero-order chi connectivity index (χ0) is 23.5. The molecule has 0 radical (unpaired) electrons. The van der Waals surface area contributed by atoms with Crippen LogP contribution in [0.4, 0.5) is 4.39 Å². The second kappa shape index (κ2) is 9.95. The summed E-state index contributed by atoms with van der Waals surface area (Å²) in [6.07, 6.45) is 1.57. The first-order valence-electron chi connectivity index (χ1n) is 9.57. The molecule has 0 saturated carbocycles. The molecule has 3 aromatic rings. The Bertz CT molecular complexity index is 1310. The molecule has 1 heterocycles. The van der Waals surface area contributed by atoms with Crippen LogP contribution in [0.5, 0.6) is 11.5 Å². The van der Waals surface area contributed by atoms with Crippen LogP contribution in [0.25, 0.3) is 6.08 Å². The molecule has 0 unspecified atom stereocenters. The number of hydrogen-bond acceptors (Lipinski definition) is 5. The van der Waals surface area contributed by atoms with Crippen LogP contribution in [0.1, 0.15) is 16.7 Å². The third kappa shape index (κ3) is 5.38. The highest BCUT2D eigenvalue weighted by molar-refractivity contribution is 9.10. The zero-order valence-corrected chi connectivity index (χ0v) is 20.2. The second-order valence-corrected chi connectivity index (χ2v) is 8.59. The molecule has 0 fully saturated rings. The van der Waals surface area contributed by atoms with E-state index in [2.05, 4.69) is 20.9 Å². The number of cyclic esters (lactones) is 1. The molecule has 1 aliphatic rings. The van der Waals surface area contributed by atoms with Gasteiger partial charge in [0, 0.05) is 5.56 Å². The highest BCUT2D eigenvalue weighted by Crippen LogP contribution is 2.38. The molecule has 0 bridgehead atoms. The standard InChI is InChI=1S/C24H15BrCl2FNO4/c1-31-21-10-14(8-17(25)22(21)32-12-13-3-2-4-16(28)7-13)9-20-24(30)33-23(29-20)15-5-6-18(26)19(27)11-15/h2-11H,12H2,1H3/b20-9-. The number of rotatable bonds is 6. The summed E-state index contributed by atoms with van der Waals surface area (Å²) in [7, 11) is 1.50. The molecule has 0 amide bonds. The molecule has 0 aromatic heterocycles. The first-order valence-corrected chi connectivity index (χ1v) is 11.1. The van der Waals surface area contributed by atoms with Gasteiger partial charge in [-0.3, -0.25) is 0 Å². The highest BCUT2D eigenvalue weighted by atomic mass is 79.9. The Balaban J connectivity index is 1.59. The largest absolute Gasteiger partial charge is 0.493 e. The van der Waals surface area contributed by atoms with Crippen molar-refractivity contribution in [1.82, 2.24) is 0 Å². The molecular formula is C24H15BrCl2FNO4. The van der Waals surface area contributed by atoms with E-state index in [1.807, 2.05) is 0 Å². The molecule has 0 atom stereocenters. The van der Waals surface area contributed by atoms with Gasteiger partial charge in [-0.2, -0.15) is 0 Å². The maximum Gasteiger partial charge on any atom is 0.363 e. The number of methoxy groups -OCH3 is 1. The van der Waals surface area contributed by atoms with E-state index in [4.69, 9.17) is 37.4 Å². The van der Waals surface area contributed by atoms with Crippen molar-refractivity contribution < 1.29 is 23.4 Å². The third-order valence-corrected chi connectivity index (χ3v) is 5.94. The molecule has 0 aliphatic carbocycles. The molecule has 168 valence electrons. The van der Waals surface area contributed by atoms with Crippen molar-refractivity contribution in [2.24, 2.45) is 4.99 Å². The van der Waals surface area contributed by atoms with Gasteiger partial charge in [0.2, 0.25) is 5.90 Å². The van der Waals surface area contributed by atoms with Crippen molar-refractivity contribution in [3.8, 4) is 11.5 Å². The van der Waals surface area contributed by atoms with E-state index >= 15 is 0 Å². The van der Waals surface area contributed by atoms with Crippen molar-refractivity contribution in [3.05, 3.63) is 97.3 Å². The Morgan fingerprint density at radius 2 is 1.94 bits per heavy atom. The molecule has 0 spiro atoms.